The van der Waals surface area contributed by atoms with Crippen molar-refractivity contribution < 1.29 is 4.79 Å². The third kappa shape index (κ3) is 3.41. The minimum atomic E-state index is -0.0315. The van der Waals surface area contributed by atoms with E-state index in [1.54, 1.807) is 0 Å². The normalized spacial score (nSPS) is 16.1. The fraction of sp³-hybridized carbons (Fsp3) is 0.550. The summed E-state index contributed by atoms with van der Waals surface area (Å²) in [4.78, 5) is 19.9. The quantitative estimate of drug-likeness (QED) is 0.660. The maximum Gasteiger partial charge on any atom is 0.265 e. The van der Waals surface area contributed by atoms with Crippen molar-refractivity contribution in [2.75, 3.05) is 13.1 Å². The lowest BCUT2D eigenvalue weighted by Gasteiger charge is -2.31. The van der Waals surface area contributed by atoms with E-state index in [0.717, 1.165) is 45.6 Å². The Hall–Kier alpha value is -2.35. The van der Waals surface area contributed by atoms with Crippen LogP contribution in [0.15, 0.2) is 12.1 Å². The van der Waals surface area contributed by atoms with E-state index in [9.17, 15) is 4.79 Å². The average Bonchev–Trinajstić information content (AvgIpc) is 3.22. The second-order valence-electron chi connectivity index (χ2n) is 8.51. The zero-order chi connectivity index (χ0) is 20.1. The van der Waals surface area contributed by atoms with Gasteiger partial charge in [0, 0.05) is 24.4 Å². The number of carbonyl (C=O) groups excluding carboxylic acids is 1. The van der Waals surface area contributed by atoms with Crippen LogP contribution in [0, 0.1) is 13.8 Å². The first kappa shape index (κ1) is 19.0. The van der Waals surface area contributed by atoms with Crippen molar-refractivity contribution in [1.82, 2.24) is 29.7 Å². The molecule has 0 saturated carbocycles. The molecule has 0 aliphatic carbocycles. The van der Waals surface area contributed by atoms with Gasteiger partial charge in [0.15, 0.2) is 11.5 Å². The number of amides is 1. The summed E-state index contributed by atoms with van der Waals surface area (Å²) in [7, 11) is 0. The van der Waals surface area contributed by atoms with Gasteiger partial charge >= 0.3 is 0 Å². The van der Waals surface area contributed by atoms with E-state index in [4.69, 9.17) is 5.10 Å². The summed E-state index contributed by atoms with van der Waals surface area (Å²) in [6.07, 6.45) is 1.73. The number of carbonyl (C=O) groups is 1. The second-order valence-corrected chi connectivity index (χ2v) is 9.71. The Balaban J connectivity index is 1.52. The Labute approximate surface area is 168 Å². The number of aromatic nitrogens is 5. The Morgan fingerprint density at radius 2 is 1.86 bits per heavy atom. The fourth-order valence-electron chi connectivity index (χ4n) is 3.67. The highest BCUT2D eigenvalue weighted by Crippen LogP contribution is 2.29. The zero-order valence-electron chi connectivity index (χ0n) is 17.1. The number of likely N-dealkylation sites (tertiary alicyclic amines) is 1. The first-order valence-electron chi connectivity index (χ1n) is 9.70. The van der Waals surface area contributed by atoms with Gasteiger partial charge in [0.1, 0.15) is 4.88 Å². The number of fused-ring (bicyclic) bond motifs is 1. The monoisotopic (exact) mass is 398 g/mol. The van der Waals surface area contributed by atoms with Crippen molar-refractivity contribution in [3.8, 4) is 0 Å². The molecule has 1 fully saturated rings. The highest BCUT2D eigenvalue weighted by atomic mass is 32.1. The predicted octanol–water partition coefficient (Wildman–Crippen LogP) is 3.51. The van der Waals surface area contributed by atoms with Crippen LogP contribution in [0.25, 0.3) is 5.65 Å². The number of piperidine rings is 1. The van der Waals surface area contributed by atoms with Crippen LogP contribution < -0.4 is 0 Å². The molecule has 1 saturated heterocycles. The van der Waals surface area contributed by atoms with E-state index in [1.165, 1.54) is 11.3 Å². The predicted molar refractivity (Wildman–Crippen MR) is 109 cm³/mol. The lowest BCUT2D eigenvalue weighted by Crippen LogP contribution is -2.38. The molecule has 3 aromatic rings. The van der Waals surface area contributed by atoms with Gasteiger partial charge in [0.25, 0.3) is 5.91 Å². The standard InChI is InChI=1S/C20H26N6OS/c1-12-17(28-13(2)21-12)19(27)25-10-8-14(9-11-25)18-23-22-16-7-6-15(20(3,4)5)24-26(16)18/h6-7,14H,8-11H2,1-5H3. The van der Waals surface area contributed by atoms with Crippen LogP contribution in [-0.4, -0.2) is 48.7 Å². The largest absolute Gasteiger partial charge is 0.338 e. The molecule has 4 rings (SSSR count). The van der Waals surface area contributed by atoms with Crippen molar-refractivity contribution in [2.24, 2.45) is 0 Å². The van der Waals surface area contributed by atoms with Crippen LogP contribution in [0.2, 0.25) is 0 Å². The molecule has 7 nitrogen and oxygen atoms in total. The average molecular weight is 399 g/mol. The first-order chi connectivity index (χ1) is 13.2. The van der Waals surface area contributed by atoms with Gasteiger partial charge < -0.3 is 4.90 Å². The molecule has 0 unspecified atom stereocenters. The number of hydrogen-bond acceptors (Lipinski definition) is 6. The van der Waals surface area contributed by atoms with Crippen LogP contribution >= 0.6 is 11.3 Å². The molecule has 0 bridgehead atoms. The first-order valence-corrected chi connectivity index (χ1v) is 10.5. The number of aryl methyl sites for hydroxylation is 2. The molecule has 148 valence electrons. The lowest BCUT2D eigenvalue weighted by atomic mass is 9.92. The van der Waals surface area contributed by atoms with Crippen LogP contribution in [-0.2, 0) is 5.41 Å². The molecule has 8 heteroatoms. The lowest BCUT2D eigenvalue weighted by molar-refractivity contribution is 0.0714. The van der Waals surface area contributed by atoms with Gasteiger partial charge in [0.2, 0.25) is 0 Å². The van der Waals surface area contributed by atoms with Gasteiger partial charge in [-0.05, 0) is 38.8 Å². The fourth-order valence-corrected chi connectivity index (χ4v) is 4.56. The van der Waals surface area contributed by atoms with Crippen molar-refractivity contribution in [3.63, 3.8) is 0 Å². The molecule has 0 N–H and O–H groups in total. The van der Waals surface area contributed by atoms with E-state index < -0.39 is 0 Å². The molecule has 0 atom stereocenters. The van der Waals surface area contributed by atoms with Gasteiger partial charge in [-0.1, -0.05) is 20.8 Å². The van der Waals surface area contributed by atoms with E-state index in [1.807, 2.05) is 35.4 Å². The summed E-state index contributed by atoms with van der Waals surface area (Å²) in [6.45, 7) is 11.7. The van der Waals surface area contributed by atoms with E-state index in [-0.39, 0.29) is 17.2 Å². The molecule has 4 heterocycles. The summed E-state index contributed by atoms with van der Waals surface area (Å²) in [5.74, 6) is 1.25. The van der Waals surface area contributed by atoms with Gasteiger partial charge in [-0.25, -0.2) is 4.98 Å². The maximum atomic E-state index is 12.8. The molecule has 1 aliphatic rings. The Morgan fingerprint density at radius 1 is 1.14 bits per heavy atom. The van der Waals surface area contributed by atoms with E-state index >= 15 is 0 Å². The number of rotatable bonds is 2. The minimum absolute atomic E-state index is 0.0315. The third-order valence-electron chi connectivity index (χ3n) is 5.30. The summed E-state index contributed by atoms with van der Waals surface area (Å²) >= 11 is 1.48. The number of thiazole rings is 1. The highest BCUT2D eigenvalue weighted by molar-refractivity contribution is 7.13. The molecule has 28 heavy (non-hydrogen) atoms. The number of nitrogens with zero attached hydrogens (tertiary/aromatic N) is 6. The molecule has 0 radical (unpaired) electrons. The molecule has 3 aromatic heterocycles. The van der Waals surface area contributed by atoms with Crippen molar-refractivity contribution in [3.05, 3.63) is 39.2 Å². The summed E-state index contributed by atoms with van der Waals surface area (Å²) in [5, 5.41) is 14.5. The van der Waals surface area contributed by atoms with Crippen LogP contribution in [0.1, 0.15) is 71.4 Å². The van der Waals surface area contributed by atoms with Crippen LogP contribution in [0.4, 0.5) is 0 Å². The van der Waals surface area contributed by atoms with Crippen molar-refractivity contribution in [2.45, 2.75) is 58.8 Å². The van der Waals surface area contributed by atoms with Crippen LogP contribution in [0.5, 0.6) is 0 Å². The molecule has 1 amide bonds. The second kappa shape index (κ2) is 6.92. The highest BCUT2D eigenvalue weighted by Gasteiger charge is 2.29. The van der Waals surface area contributed by atoms with Gasteiger partial charge in [-0.3, -0.25) is 4.79 Å². The molecule has 0 spiro atoms. The van der Waals surface area contributed by atoms with Crippen LogP contribution in [0.3, 0.4) is 0 Å². The third-order valence-corrected chi connectivity index (χ3v) is 6.36. The van der Waals surface area contributed by atoms with Gasteiger partial charge in [-0.2, -0.15) is 9.61 Å². The topological polar surface area (TPSA) is 76.3 Å². The minimum Gasteiger partial charge on any atom is -0.338 e. The summed E-state index contributed by atoms with van der Waals surface area (Å²) < 4.78 is 1.89. The molecular formula is C20H26N6OS. The Bertz CT molecular complexity index is 1020. The van der Waals surface area contributed by atoms with E-state index in [0.29, 0.717) is 13.1 Å². The van der Waals surface area contributed by atoms with E-state index in [2.05, 4.69) is 36.0 Å². The molecular weight excluding hydrogens is 372 g/mol. The van der Waals surface area contributed by atoms with Gasteiger partial charge in [-0.15, -0.1) is 21.5 Å². The number of hydrogen-bond donors (Lipinski definition) is 0. The summed E-state index contributed by atoms with van der Waals surface area (Å²) in [6, 6.07) is 4.01. The van der Waals surface area contributed by atoms with Crippen molar-refractivity contribution >= 4 is 22.9 Å². The summed E-state index contributed by atoms with van der Waals surface area (Å²) in [5.41, 5.74) is 2.59. The Kier molecular flexibility index (Phi) is 4.69. The SMILES string of the molecule is Cc1nc(C)c(C(=O)N2CCC(c3nnc4ccc(C(C)(C)C)nn34)CC2)s1. The Morgan fingerprint density at radius 3 is 2.46 bits per heavy atom. The zero-order valence-corrected chi connectivity index (χ0v) is 17.9. The van der Waals surface area contributed by atoms with Crippen molar-refractivity contribution in [1.29, 1.82) is 0 Å². The smallest absolute Gasteiger partial charge is 0.265 e. The molecule has 0 aromatic carbocycles. The van der Waals surface area contributed by atoms with Gasteiger partial charge in [0.05, 0.1) is 16.4 Å². The molecule has 1 aliphatic heterocycles. The maximum absolute atomic E-state index is 12.8.